The van der Waals surface area contributed by atoms with Crippen LogP contribution < -0.4 is 5.32 Å². The maximum atomic E-state index is 13.1. The van der Waals surface area contributed by atoms with Crippen molar-refractivity contribution in [1.29, 1.82) is 0 Å². The van der Waals surface area contributed by atoms with E-state index in [4.69, 9.17) is 0 Å². The first kappa shape index (κ1) is 14.8. The monoisotopic (exact) mass is 289 g/mol. The molecule has 0 aliphatic heterocycles. The van der Waals surface area contributed by atoms with E-state index < -0.39 is 17.6 Å². The molecule has 1 amide bonds. The molecule has 110 valence electrons. The fourth-order valence-electron chi connectivity index (χ4n) is 2.13. The number of alkyl halides is 3. The Labute approximate surface area is 114 Å². The van der Waals surface area contributed by atoms with Crippen LogP contribution in [0, 0.1) is 17.2 Å². The summed E-state index contributed by atoms with van der Waals surface area (Å²) in [5.41, 5.74) is -1.12. The molecule has 1 saturated carbocycles. The molecule has 1 aromatic rings. The van der Waals surface area contributed by atoms with Gasteiger partial charge in [-0.2, -0.15) is 13.2 Å². The number of carbonyl (C=O) groups is 1. The molecule has 0 bridgehead atoms. The zero-order valence-electron chi connectivity index (χ0n) is 11.1. The number of hydrogen-bond donors (Lipinski definition) is 1. The van der Waals surface area contributed by atoms with Gasteiger partial charge in [-0.15, -0.1) is 0 Å². The van der Waals surface area contributed by atoms with E-state index in [0.717, 1.165) is 18.6 Å². The van der Waals surface area contributed by atoms with Crippen LogP contribution in [0.15, 0.2) is 18.2 Å². The smallest absolute Gasteiger partial charge is 0.352 e. The third kappa shape index (κ3) is 3.11. The van der Waals surface area contributed by atoms with Crippen molar-refractivity contribution >= 4 is 5.91 Å². The number of amides is 1. The second-order valence-corrected chi connectivity index (χ2v) is 5.78. The van der Waals surface area contributed by atoms with Crippen LogP contribution >= 0.6 is 0 Å². The summed E-state index contributed by atoms with van der Waals surface area (Å²) in [7, 11) is 0. The van der Waals surface area contributed by atoms with Crippen LogP contribution in [0.2, 0.25) is 0 Å². The lowest BCUT2D eigenvalue weighted by Gasteiger charge is -2.11. The van der Waals surface area contributed by atoms with Crippen molar-refractivity contribution in [1.82, 2.24) is 5.32 Å². The SMILES string of the molecule is CC1(C)CC1C(=O)NCc1ccc(F)c(C(F)(F)F)c1. The Morgan fingerprint density at radius 1 is 1.40 bits per heavy atom. The predicted molar refractivity (Wildman–Crippen MR) is 65.1 cm³/mol. The molecule has 1 fully saturated rings. The third-order valence-corrected chi connectivity index (χ3v) is 3.63. The summed E-state index contributed by atoms with van der Waals surface area (Å²) < 4.78 is 50.7. The highest BCUT2D eigenvalue weighted by Crippen LogP contribution is 2.51. The Hall–Kier alpha value is -1.59. The van der Waals surface area contributed by atoms with Crippen LogP contribution in [-0.2, 0) is 17.5 Å². The quantitative estimate of drug-likeness (QED) is 0.848. The number of halogens is 4. The number of nitrogens with one attached hydrogen (secondary N) is 1. The molecule has 6 heteroatoms. The van der Waals surface area contributed by atoms with Gasteiger partial charge >= 0.3 is 6.18 Å². The lowest BCUT2D eigenvalue weighted by molar-refractivity contribution is -0.140. The molecule has 2 rings (SSSR count). The van der Waals surface area contributed by atoms with E-state index in [-0.39, 0.29) is 29.3 Å². The highest BCUT2D eigenvalue weighted by Gasteiger charge is 2.50. The average molecular weight is 289 g/mol. The summed E-state index contributed by atoms with van der Waals surface area (Å²) in [6.07, 6.45) is -3.96. The summed E-state index contributed by atoms with van der Waals surface area (Å²) in [4.78, 5) is 11.7. The van der Waals surface area contributed by atoms with Crippen molar-refractivity contribution in [3.05, 3.63) is 35.1 Å². The highest BCUT2D eigenvalue weighted by atomic mass is 19.4. The predicted octanol–water partition coefficient (Wildman–Crippen LogP) is 3.51. The summed E-state index contributed by atoms with van der Waals surface area (Å²) in [5.74, 6) is -1.58. The Kier molecular flexibility index (Phi) is 3.52. The number of carbonyl (C=O) groups excluding carboxylic acids is 1. The van der Waals surface area contributed by atoms with Crippen LogP contribution in [0.1, 0.15) is 31.4 Å². The topological polar surface area (TPSA) is 29.1 Å². The molecular weight excluding hydrogens is 274 g/mol. The number of benzene rings is 1. The summed E-state index contributed by atoms with van der Waals surface area (Å²) >= 11 is 0. The van der Waals surface area contributed by atoms with Crippen molar-refractivity contribution in [2.45, 2.75) is 33.0 Å². The maximum absolute atomic E-state index is 13.1. The van der Waals surface area contributed by atoms with Crippen LogP contribution in [0.25, 0.3) is 0 Å². The molecule has 1 aromatic carbocycles. The average Bonchev–Trinajstić information content (AvgIpc) is 2.95. The van der Waals surface area contributed by atoms with E-state index >= 15 is 0 Å². The van der Waals surface area contributed by atoms with Crippen molar-refractivity contribution in [2.75, 3.05) is 0 Å². The number of hydrogen-bond acceptors (Lipinski definition) is 1. The fraction of sp³-hybridized carbons (Fsp3) is 0.500. The third-order valence-electron chi connectivity index (χ3n) is 3.63. The lowest BCUT2D eigenvalue weighted by Crippen LogP contribution is -2.26. The molecule has 0 aromatic heterocycles. The van der Waals surface area contributed by atoms with Gasteiger partial charge < -0.3 is 5.32 Å². The van der Waals surface area contributed by atoms with Gasteiger partial charge in [0.1, 0.15) is 5.82 Å². The second kappa shape index (κ2) is 4.75. The minimum atomic E-state index is -4.73. The van der Waals surface area contributed by atoms with Gasteiger partial charge in [0.15, 0.2) is 0 Å². The van der Waals surface area contributed by atoms with E-state index in [2.05, 4.69) is 5.32 Å². The molecular formula is C14H15F4NO. The Bertz CT molecular complexity index is 536. The molecule has 1 aliphatic carbocycles. The van der Waals surface area contributed by atoms with Gasteiger partial charge in [-0.3, -0.25) is 4.79 Å². The van der Waals surface area contributed by atoms with Crippen LogP contribution in [0.5, 0.6) is 0 Å². The van der Waals surface area contributed by atoms with E-state index in [1.807, 2.05) is 13.8 Å². The molecule has 0 saturated heterocycles. The van der Waals surface area contributed by atoms with Gasteiger partial charge in [0, 0.05) is 12.5 Å². The van der Waals surface area contributed by atoms with Crippen molar-refractivity contribution in [2.24, 2.45) is 11.3 Å². The first-order chi connectivity index (χ1) is 9.11. The van der Waals surface area contributed by atoms with Gasteiger partial charge in [0.2, 0.25) is 5.91 Å². The summed E-state index contributed by atoms with van der Waals surface area (Å²) in [5, 5.41) is 2.59. The van der Waals surface area contributed by atoms with Gasteiger partial charge in [-0.05, 0) is 29.5 Å². The van der Waals surface area contributed by atoms with Gasteiger partial charge in [-0.1, -0.05) is 19.9 Å². The second-order valence-electron chi connectivity index (χ2n) is 5.78. The zero-order valence-corrected chi connectivity index (χ0v) is 11.1. The van der Waals surface area contributed by atoms with Crippen molar-refractivity contribution in [3.63, 3.8) is 0 Å². The zero-order chi connectivity index (χ0) is 15.1. The lowest BCUT2D eigenvalue weighted by atomic mass is 10.1. The van der Waals surface area contributed by atoms with Gasteiger partial charge in [0.25, 0.3) is 0 Å². The first-order valence-electron chi connectivity index (χ1n) is 6.24. The first-order valence-corrected chi connectivity index (χ1v) is 6.24. The Balaban J connectivity index is 2.02. The van der Waals surface area contributed by atoms with E-state index in [1.165, 1.54) is 6.07 Å². The molecule has 0 radical (unpaired) electrons. The van der Waals surface area contributed by atoms with Gasteiger partial charge in [-0.25, -0.2) is 4.39 Å². The van der Waals surface area contributed by atoms with Crippen LogP contribution in [0.3, 0.4) is 0 Å². The summed E-state index contributed by atoms with van der Waals surface area (Å²) in [6, 6.07) is 2.74. The molecule has 2 nitrogen and oxygen atoms in total. The fourth-order valence-corrected chi connectivity index (χ4v) is 2.13. The highest BCUT2D eigenvalue weighted by molar-refractivity contribution is 5.82. The normalized spacial score (nSPS) is 20.6. The van der Waals surface area contributed by atoms with Crippen molar-refractivity contribution in [3.8, 4) is 0 Å². The van der Waals surface area contributed by atoms with E-state index in [1.54, 1.807) is 0 Å². The van der Waals surface area contributed by atoms with E-state index in [0.29, 0.717) is 0 Å². The molecule has 1 aliphatic rings. The van der Waals surface area contributed by atoms with E-state index in [9.17, 15) is 22.4 Å². The Morgan fingerprint density at radius 2 is 2.00 bits per heavy atom. The maximum Gasteiger partial charge on any atom is 0.419 e. The Morgan fingerprint density at radius 3 is 2.50 bits per heavy atom. The minimum Gasteiger partial charge on any atom is -0.352 e. The molecule has 1 N–H and O–H groups in total. The van der Waals surface area contributed by atoms with Crippen LogP contribution in [0.4, 0.5) is 17.6 Å². The molecule has 0 heterocycles. The summed E-state index contributed by atoms with van der Waals surface area (Å²) in [6.45, 7) is 3.88. The minimum absolute atomic E-state index is 0.0330. The molecule has 1 atom stereocenters. The van der Waals surface area contributed by atoms with Crippen molar-refractivity contribution < 1.29 is 22.4 Å². The van der Waals surface area contributed by atoms with Crippen LogP contribution in [-0.4, -0.2) is 5.91 Å². The molecule has 1 unspecified atom stereocenters. The molecule has 20 heavy (non-hydrogen) atoms. The molecule has 0 spiro atoms. The van der Waals surface area contributed by atoms with Gasteiger partial charge in [0.05, 0.1) is 5.56 Å². The number of rotatable bonds is 3. The standard InChI is InChI=1S/C14H15F4NO/c1-13(2)6-10(13)12(20)19-7-8-3-4-11(15)9(5-8)14(16,17)18/h3-5,10H,6-7H2,1-2H3,(H,19,20). The largest absolute Gasteiger partial charge is 0.419 e.